The zero-order valence-electron chi connectivity index (χ0n) is 17.4. The first-order chi connectivity index (χ1) is 16.1. The highest BCUT2D eigenvalue weighted by Crippen LogP contribution is 2.34. The van der Waals surface area contributed by atoms with Crippen molar-refractivity contribution in [3.05, 3.63) is 70.1 Å². The smallest absolute Gasteiger partial charge is 0.351 e. The molecule has 180 valence electrons. The Morgan fingerprint density at radius 2 is 1.88 bits per heavy atom. The minimum Gasteiger partial charge on any atom is -0.351 e. The Labute approximate surface area is 198 Å². The highest BCUT2D eigenvalue weighted by atomic mass is 32.2. The molecule has 0 bridgehead atoms. The van der Waals surface area contributed by atoms with Gasteiger partial charge in [0.15, 0.2) is 5.01 Å². The Morgan fingerprint density at radius 3 is 2.56 bits per heavy atom. The molecular weight excluding hydrogens is 497 g/mol. The number of hydrogen-bond donors (Lipinski definition) is 1. The number of benzene rings is 2. The highest BCUT2D eigenvalue weighted by molar-refractivity contribution is 7.82. The van der Waals surface area contributed by atoms with Gasteiger partial charge in [0, 0.05) is 24.0 Å². The van der Waals surface area contributed by atoms with Crippen LogP contribution in [0.15, 0.2) is 52.7 Å². The fourth-order valence-corrected chi connectivity index (χ4v) is 5.69. The molecule has 0 aliphatic carbocycles. The van der Waals surface area contributed by atoms with E-state index in [9.17, 15) is 31.0 Å². The number of amides is 1. The first-order valence-electron chi connectivity index (χ1n) is 10.2. The molecule has 2 heterocycles. The second-order valence-electron chi connectivity index (χ2n) is 7.60. The van der Waals surface area contributed by atoms with E-state index in [1.165, 1.54) is 46.1 Å². The molecule has 12 heteroatoms. The van der Waals surface area contributed by atoms with Gasteiger partial charge in [0.2, 0.25) is 5.91 Å². The Balaban J connectivity index is 1.44. The van der Waals surface area contributed by atoms with Crippen molar-refractivity contribution >= 4 is 28.2 Å². The molecule has 2 atom stereocenters. The molecule has 1 fully saturated rings. The van der Waals surface area contributed by atoms with Gasteiger partial charge in [0.25, 0.3) is 0 Å². The van der Waals surface area contributed by atoms with Gasteiger partial charge in [-0.05, 0) is 60.9 Å². The summed E-state index contributed by atoms with van der Waals surface area (Å²) >= 11 is 0.416. The Morgan fingerprint density at radius 1 is 1.15 bits per heavy atom. The highest BCUT2D eigenvalue weighted by Gasteiger charge is 2.35. The minimum absolute atomic E-state index is 0.0129. The molecule has 1 aliphatic rings. The Kier molecular flexibility index (Phi) is 7.10. The third-order valence-electron chi connectivity index (χ3n) is 5.20. The van der Waals surface area contributed by atoms with Gasteiger partial charge in [-0.15, -0.1) is 11.3 Å². The van der Waals surface area contributed by atoms with Crippen molar-refractivity contribution < 1.29 is 31.0 Å². The van der Waals surface area contributed by atoms with Gasteiger partial charge >= 0.3 is 6.18 Å². The summed E-state index contributed by atoms with van der Waals surface area (Å²) in [6.45, 7) is 0.338. The normalized spacial score (nSPS) is 17.6. The number of alkyl halides is 3. The molecule has 1 aromatic heterocycles. The lowest BCUT2D eigenvalue weighted by Gasteiger charge is -2.22. The average molecular weight is 516 g/mol. The average Bonchev–Trinajstić information content (AvgIpc) is 3.47. The number of nitrogens with zero attached hydrogens (tertiary/aromatic N) is 2. The summed E-state index contributed by atoms with van der Waals surface area (Å²) in [5.74, 6) is -1.55. The van der Waals surface area contributed by atoms with Crippen LogP contribution in [0.5, 0.6) is 0 Å². The summed E-state index contributed by atoms with van der Waals surface area (Å²) in [6, 6.07) is 8.20. The SMILES string of the molecule is O=C(NCc1cc(F)cc(-c2csc(C(F)(F)F)n2)c1)C1CCCN1S(=O)c1ccc(F)cc1. The summed E-state index contributed by atoms with van der Waals surface area (Å²) in [4.78, 5) is 16.7. The van der Waals surface area contributed by atoms with E-state index in [0.29, 0.717) is 41.2 Å². The molecule has 0 radical (unpaired) electrons. The molecule has 1 N–H and O–H groups in total. The third kappa shape index (κ3) is 5.50. The lowest BCUT2D eigenvalue weighted by atomic mass is 10.1. The molecule has 0 spiro atoms. The van der Waals surface area contributed by atoms with Crippen molar-refractivity contribution in [2.24, 2.45) is 0 Å². The maximum absolute atomic E-state index is 14.1. The molecule has 5 nitrogen and oxygen atoms in total. The molecule has 0 saturated carbocycles. The molecule has 2 aromatic carbocycles. The number of carbonyl (C=O) groups excluding carboxylic acids is 1. The number of rotatable bonds is 6. The van der Waals surface area contributed by atoms with Crippen LogP contribution in [0.4, 0.5) is 22.0 Å². The van der Waals surface area contributed by atoms with Crippen molar-refractivity contribution in [3.8, 4) is 11.3 Å². The fourth-order valence-electron chi connectivity index (χ4n) is 3.63. The van der Waals surface area contributed by atoms with E-state index in [1.807, 2.05) is 0 Å². The van der Waals surface area contributed by atoms with Gasteiger partial charge in [-0.25, -0.2) is 22.3 Å². The standard InChI is InChI=1S/C22H18F5N3O2S2/c23-15-3-5-17(6-4-15)34(32)30-7-1-2-19(30)20(31)28-11-13-8-14(10-16(24)9-13)18-12-33-21(29-18)22(25,26)27/h3-6,8-10,12,19H,1-2,7,11H2,(H,28,31). The summed E-state index contributed by atoms with van der Waals surface area (Å²) in [6.07, 6.45) is -3.49. The zero-order valence-corrected chi connectivity index (χ0v) is 19.1. The molecule has 4 rings (SSSR count). The summed E-state index contributed by atoms with van der Waals surface area (Å²) < 4.78 is 80.2. The second kappa shape index (κ2) is 9.88. The number of carbonyl (C=O) groups is 1. The predicted octanol–water partition coefficient (Wildman–Crippen LogP) is 4.91. The molecule has 1 aliphatic heterocycles. The third-order valence-corrected chi connectivity index (χ3v) is 7.63. The maximum atomic E-state index is 14.1. The number of aromatic nitrogens is 1. The Hall–Kier alpha value is -2.70. The van der Waals surface area contributed by atoms with Gasteiger partial charge in [0.1, 0.15) is 28.7 Å². The predicted molar refractivity (Wildman–Crippen MR) is 117 cm³/mol. The van der Waals surface area contributed by atoms with Crippen LogP contribution < -0.4 is 5.32 Å². The molecular formula is C22H18F5N3O2S2. The van der Waals surface area contributed by atoms with Crippen LogP contribution in [0.1, 0.15) is 23.4 Å². The van der Waals surface area contributed by atoms with Gasteiger partial charge in [0.05, 0.1) is 10.6 Å². The first kappa shape index (κ1) is 24.4. The lowest BCUT2D eigenvalue weighted by molar-refractivity contribution is -0.137. The molecule has 2 unspecified atom stereocenters. The molecule has 3 aromatic rings. The quantitative estimate of drug-likeness (QED) is 0.475. The molecule has 1 amide bonds. The number of nitrogens with one attached hydrogen (secondary N) is 1. The molecule has 1 saturated heterocycles. The lowest BCUT2D eigenvalue weighted by Crippen LogP contribution is -2.43. The monoisotopic (exact) mass is 515 g/mol. The van der Waals surface area contributed by atoms with E-state index < -0.39 is 45.8 Å². The van der Waals surface area contributed by atoms with Crippen molar-refractivity contribution in [3.63, 3.8) is 0 Å². The zero-order chi connectivity index (χ0) is 24.5. The minimum atomic E-state index is -4.59. The van der Waals surface area contributed by atoms with Crippen molar-refractivity contribution in [2.45, 2.75) is 36.5 Å². The van der Waals surface area contributed by atoms with E-state index in [2.05, 4.69) is 10.3 Å². The van der Waals surface area contributed by atoms with E-state index in [0.717, 1.165) is 6.07 Å². The van der Waals surface area contributed by atoms with Gasteiger partial charge in [-0.1, -0.05) is 0 Å². The number of hydrogen-bond acceptors (Lipinski definition) is 4. The first-order valence-corrected chi connectivity index (χ1v) is 12.1. The second-order valence-corrected chi connectivity index (χ2v) is 9.90. The topological polar surface area (TPSA) is 62.3 Å². The van der Waals surface area contributed by atoms with Gasteiger partial charge in [-0.3, -0.25) is 4.79 Å². The van der Waals surface area contributed by atoms with E-state index in [1.54, 1.807) is 0 Å². The number of halogens is 5. The van der Waals surface area contributed by atoms with Crippen LogP contribution in [0, 0.1) is 11.6 Å². The van der Waals surface area contributed by atoms with Crippen LogP contribution in [0.25, 0.3) is 11.3 Å². The van der Waals surface area contributed by atoms with Gasteiger partial charge in [-0.2, -0.15) is 13.2 Å². The van der Waals surface area contributed by atoms with Crippen molar-refractivity contribution in [2.75, 3.05) is 6.54 Å². The summed E-state index contributed by atoms with van der Waals surface area (Å²) in [7, 11) is -1.66. The van der Waals surface area contributed by atoms with Crippen molar-refractivity contribution in [1.29, 1.82) is 0 Å². The van der Waals surface area contributed by atoms with Crippen LogP contribution in [-0.2, 0) is 28.5 Å². The van der Waals surface area contributed by atoms with Crippen LogP contribution in [0.3, 0.4) is 0 Å². The van der Waals surface area contributed by atoms with Gasteiger partial charge < -0.3 is 5.32 Å². The number of thiazole rings is 1. The van der Waals surface area contributed by atoms with Crippen LogP contribution in [0.2, 0.25) is 0 Å². The van der Waals surface area contributed by atoms with Crippen LogP contribution in [-0.4, -0.2) is 32.0 Å². The van der Waals surface area contributed by atoms with E-state index in [4.69, 9.17) is 0 Å². The Bertz CT molecular complexity index is 1210. The van der Waals surface area contributed by atoms with E-state index >= 15 is 0 Å². The van der Waals surface area contributed by atoms with Crippen molar-refractivity contribution in [1.82, 2.24) is 14.6 Å². The molecule has 34 heavy (non-hydrogen) atoms. The fraction of sp³-hybridized carbons (Fsp3) is 0.273. The maximum Gasteiger partial charge on any atom is 0.443 e. The van der Waals surface area contributed by atoms with Crippen LogP contribution >= 0.6 is 11.3 Å². The largest absolute Gasteiger partial charge is 0.443 e. The summed E-state index contributed by atoms with van der Waals surface area (Å²) in [5, 5.41) is 2.85. The summed E-state index contributed by atoms with van der Waals surface area (Å²) in [5.41, 5.74) is 0.492. The van der Waals surface area contributed by atoms with E-state index in [-0.39, 0.29) is 17.8 Å².